The quantitative estimate of drug-likeness (QED) is 0.719. The molecule has 122 valence electrons. The number of rotatable bonds is 4. The van der Waals surface area contributed by atoms with Crippen molar-refractivity contribution in [3.8, 4) is 0 Å². The minimum absolute atomic E-state index is 0.166. The van der Waals surface area contributed by atoms with Gasteiger partial charge in [0.25, 0.3) is 11.1 Å². The summed E-state index contributed by atoms with van der Waals surface area (Å²) in [5, 5.41) is 2.62. The van der Waals surface area contributed by atoms with Gasteiger partial charge in [-0.05, 0) is 58.5 Å². The Morgan fingerprint density at radius 3 is 2.54 bits per heavy atom. The number of nitrogens with one attached hydrogen (secondary N) is 1. The lowest BCUT2D eigenvalue weighted by molar-refractivity contribution is -0.125. The van der Waals surface area contributed by atoms with Gasteiger partial charge in [0.2, 0.25) is 5.91 Å². The number of benzene rings is 2. The monoisotopic (exact) mass is 452 g/mol. The zero-order chi connectivity index (χ0) is 17.1. The molecule has 0 atom stereocenters. The molecule has 0 spiro atoms. The van der Waals surface area contributed by atoms with Crippen molar-refractivity contribution >= 4 is 57.1 Å². The van der Waals surface area contributed by atoms with Crippen LogP contribution in [-0.2, 0) is 11.3 Å². The van der Waals surface area contributed by atoms with Crippen molar-refractivity contribution in [1.82, 2.24) is 4.90 Å². The Labute approximate surface area is 156 Å². The summed E-state index contributed by atoms with van der Waals surface area (Å²) in [6.45, 7) is 0.260. The molecule has 24 heavy (non-hydrogen) atoms. The van der Waals surface area contributed by atoms with Crippen LogP contribution in [0.1, 0.15) is 15.9 Å². The molecule has 2 aromatic carbocycles. The minimum atomic E-state index is -0.212. The van der Waals surface area contributed by atoms with E-state index in [0.717, 1.165) is 20.9 Å². The van der Waals surface area contributed by atoms with Crippen molar-refractivity contribution in [1.29, 1.82) is 0 Å². The van der Waals surface area contributed by atoms with Gasteiger partial charge in [-0.3, -0.25) is 19.3 Å². The van der Waals surface area contributed by atoms with Crippen LogP contribution in [0.2, 0.25) is 0 Å². The van der Waals surface area contributed by atoms with Crippen molar-refractivity contribution in [3.63, 3.8) is 0 Å². The van der Waals surface area contributed by atoms with Crippen LogP contribution in [-0.4, -0.2) is 27.7 Å². The Morgan fingerprint density at radius 2 is 1.92 bits per heavy atom. The van der Waals surface area contributed by atoms with Gasteiger partial charge in [-0.15, -0.1) is 0 Å². The summed E-state index contributed by atoms with van der Waals surface area (Å²) in [6.07, 6.45) is 0. The molecule has 0 unspecified atom stereocenters. The fraction of sp³-hybridized carbons (Fsp3) is 0.118. The average molecular weight is 452 g/mol. The Kier molecular flexibility index (Phi) is 5.20. The number of imide groups is 1. The highest BCUT2D eigenvalue weighted by Gasteiger charge is 2.29. The molecule has 1 saturated heterocycles. The molecule has 3 amide bonds. The molecular weight excluding hydrogens is 439 g/mol. The lowest BCUT2D eigenvalue weighted by atomic mass is 10.1. The SMILES string of the molecule is O=C(Nc1ccc(CN2C(=O)CSC2=O)cc1)c1cccc(I)c1. The van der Waals surface area contributed by atoms with E-state index in [9.17, 15) is 14.4 Å². The van der Waals surface area contributed by atoms with Crippen LogP contribution < -0.4 is 5.32 Å². The average Bonchev–Trinajstić information content (AvgIpc) is 2.88. The highest BCUT2D eigenvalue weighted by atomic mass is 127. The van der Waals surface area contributed by atoms with E-state index in [-0.39, 0.29) is 29.4 Å². The number of halogens is 1. The van der Waals surface area contributed by atoms with Crippen LogP contribution in [0.5, 0.6) is 0 Å². The van der Waals surface area contributed by atoms with Crippen molar-refractivity contribution in [2.45, 2.75) is 6.54 Å². The number of hydrogen-bond acceptors (Lipinski definition) is 4. The molecule has 5 nitrogen and oxygen atoms in total. The van der Waals surface area contributed by atoms with Gasteiger partial charge in [-0.1, -0.05) is 30.0 Å². The summed E-state index contributed by atoms with van der Waals surface area (Å²) >= 11 is 3.18. The molecule has 1 aliphatic heterocycles. The van der Waals surface area contributed by atoms with E-state index in [1.165, 1.54) is 4.90 Å². The second kappa shape index (κ2) is 7.35. The van der Waals surface area contributed by atoms with Gasteiger partial charge in [0, 0.05) is 14.8 Å². The molecular formula is C17H13IN2O3S. The molecule has 0 aliphatic carbocycles. The van der Waals surface area contributed by atoms with Crippen LogP contribution in [0, 0.1) is 3.57 Å². The summed E-state index contributed by atoms with van der Waals surface area (Å²) in [5.41, 5.74) is 2.10. The molecule has 7 heteroatoms. The normalized spacial score (nSPS) is 14.1. The molecule has 3 rings (SSSR count). The first kappa shape index (κ1) is 17.0. The van der Waals surface area contributed by atoms with Gasteiger partial charge in [0.05, 0.1) is 12.3 Å². The highest BCUT2D eigenvalue weighted by Crippen LogP contribution is 2.22. The largest absolute Gasteiger partial charge is 0.322 e. The fourth-order valence-corrected chi connectivity index (χ4v) is 3.51. The Morgan fingerprint density at radius 1 is 1.17 bits per heavy atom. The zero-order valence-corrected chi connectivity index (χ0v) is 15.5. The maximum absolute atomic E-state index is 12.2. The molecule has 1 aliphatic rings. The lowest BCUT2D eigenvalue weighted by Gasteiger charge is -2.13. The highest BCUT2D eigenvalue weighted by molar-refractivity contribution is 14.1. The lowest BCUT2D eigenvalue weighted by Crippen LogP contribution is -2.27. The fourth-order valence-electron chi connectivity index (χ4n) is 2.24. The number of thioether (sulfide) groups is 1. The predicted octanol–water partition coefficient (Wildman–Crippen LogP) is 3.74. The van der Waals surface area contributed by atoms with Gasteiger partial charge in [-0.2, -0.15) is 0 Å². The van der Waals surface area contributed by atoms with Gasteiger partial charge in [-0.25, -0.2) is 0 Å². The minimum Gasteiger partial charge on any atom is -0.322 e. The van der Waals surface area contributed by atoms with Crippen molar-refractivity contribution in [3.05, 3.63) is 63.2 Å². The smallest absolute Gasteiger partial charge is 0.289 e. The summed E-state index contributed by atoms with van der Waals surface area (Å²) in [4.78, 5) is 36.7. The molecule has 0 saturated carbocycles. The zero-order valence-electron chi connectivity index (χ0n) is 12.5. The molecule has 1 fully saturated rings. The first-order valence-electron chi connectivity index (χ1n) is 7.16. The van der Waals surface area contributed by atoms with E-state index >= 15 is 0 Å². The van der Waals surface area contributed by atoms with Crippen LogP contribution in [0.25, 0.3) is 0 Å². The van der Waals surface area contributed by atoms with Gasteiger partial charge >= 0.3 is 0 Å². The van der Waals surface area contributed by atoms with E-state index in [2.05, 4.69) is 27.9 Å². The number of carbonyl (C=O) groups excluding carboxylic acids is 3. The Hall–Kier alpha value is -1.87. The number of anilines is 1. The number of amides is 3. The van der Waals surface area contributed by atoms with Crippen molar-refractivity contribution in [2.75, 3.05) is 11.1 Å². The van der Waals surface area contributed by atoms with E-state index in [1.807, 2.05) is 18.2 Å². The second-order valence-corrected chi connectivity index (χ2v) is 7.37. The Balaban J connectivity index is 1.65. The molecule has 0 aromatic heterocycles. The first-order chi connectivity index (χ1) is 11.5. The number of nitrogens with zero attached hydrogens (tertiary/aromatic N) is 1. The predicted molar refractivity (Wildman–Crippen MR) is 102 cm³/mol. The number of carbonyl (C=O) groups is 3. The summed E-state index contributed by atoms with van der Waals surface area (Å²) in [5.74, 6) is -0.133. The third-order valence-electron chi connectivity index (χ3n) is 3.48. The molecule has 0 radical (unpaired) electrons. The van der Waals surface area contributed by atoms with E-state index < -0.39 is 0 Å². The van der Waals surface area contributed by atoms with Crippen molar-refractivity contribution in [2.24, 2.45) is 0 Å². The maximum atomic E-state index is 12.2. The van der Waals surface area contributed by atoms with Gasteiger partial charge < -0.3 is 5.32 Å². The third-order valence-corrected chi connectivity index (χ3v) is 5.01. The second-order valence-electron chi connectivity index (χ2n) is 5.20. The van der Waals surface area contributed by atoms with Crippen LogP contribution >= 0.6 is 34.4 Å². The van der Waals surface area contributed by atoms with Crippen LogP contribution in [0.4, 0.5) is 10.5 Å². The standard InChI is InChI=1S/C17H13IN2O3S/c18-13-3-1-2-12(8-13)16(22)19-14-6-4-11(5-7-14)9-20-15(21)10-24-17(20)23/h1-8H,9-10H2,(H,19,22). The van der Waals surface area contributed by atoms with E-state index in [0.29, 0.717) is 11.3 Å². The van der Waals surface area contributed by atoms with Crippen molar-refractivity contribution < 1.29 is 14.4 Å². The third kappa shape index (κ3) is 3.96. The first-order valence-corrected chi connectivity index (χ1v) is 9.22. The summed E-state index contributed by atoms with van der Waals surface area (Å²) < 4.78 is 0.994. The topological polar surface area (TPSA) is 66.5 Å². The molecule has 0 bridgehead atoms. The van der Waals surface area contributed by atoms with Crippen LogP contribution in [0.3, 0.4) is 0 Å². The molecule has 2 aromatic rings. The maximum Gasteiger partial charge on any atom is 0.289 e. The molecule has 1 heterocycles. The van der Waals surface area contributed by atoms with Gasteiger partial charge in [0.1, 0.15) is 0 Å². The molecule has 1 N–H and O–H groups in total. The number of hydrogen-bond donors (Lipinski definition) is 1. The van der Waals surface area contributed by atoms with Gasteiger partial charge in [0.15, 0.2) is 0 Å². The Bertz CT molecular complexity index is 792. The summed E-state index contributed by atoms with van der Waals surface area (Å²) in [6, 6.07) is 14.5. The van der Waals surface area contributed by atoms with E-state index in [1.54, 1.807) is 30.3 Å². The summed E-state index contributed by atoms with van der Waals surface area (Å²) in [7, 11) is 0. The van der Waals surface area contributed by atoms with Crippen LogP contribution in [0.15, 0.2) is 48.5 Å². The van der Waals surface area contributed by atoms with E-state index in [4.69, 9.17) is 0 Å².